The van der Waals surface area contributed by atoms with Gasteiger partial charge in [0.2, 0.25) is 5.91 Å². The summed E-state index contributed by atoms with van der Waals surface area (Å²) >= 11 is 0. The monoisotopic (exact) mass is 340 g/mol. The van der Waals surface area contributed by atoms with E-state index < -0.39 is 0 Å². The smallest absolute Gasteiger partial charge is 0.227 e. The molecule has 25 heavy (non-hydrogen) atoms. The molecule has 0 saturated carbocycles. The standard InChI is InChI=1S/C20H28N4O/c1-5-24-18(7-11-22-24)17-14-16(6-10-21-17)15-8-12-23(13-9-15)19(25)20(2,3)4/h6-7,10-11,14-15H,5,8-9,12-13H2,1-4H3. The molecule has 0 bridgehead atoms. The summed E-state index contributed by atoms with van der Waals surface area (Å²) in [5.41, 5.74) is 3.06. The molecule has 0 spiro atoms. The minimum absolute atomic E-state index is 0.258. The predicted molar refractivity (Wildman–Crippen MR) is 99.1 cm³/mol. The maximum absolute atomic E-state index is 12.4. The second-order valence-corrected chi connectivity index (χ2v) is 7.82. The zero-order valence-corrected chi connectivity index (χ0v) is 15.7. The summed E-state index contributed by atoms with van der Waals surface area (Å²) in [6.45, 7) is 10.6. The first kappa shape index (κ1) is 17.6. The van der Waals surface area contributed by atoms with Crippen LogP contribution in [0.1, 0.15) is 52.0 Å². The lowest BCUT2D eigenvalue weighted by molar-refractivity contribution is -0.140. The van der Waals surface area contributed by atoms with Gasteiger partial charge in [0.05, 0.1) is 11.4 Å². The Morgan fingerprint density at radius 3 is 2.56 bits per heavy atom. The molecule has 1 amide bonds. The van der Waals surface area contributed by atoms with Gasteiger partial charge in [-0.25, -0.2) is 0 Å². The minimum Gasteiger partial charge on any atom is -0.342 e. The van der Waals surface area contributed by atoms with Gasteiger partial charge in [0, 0.05) is 37.4 Å². The Bertz CT molecular complexity index is 736. The third-order valence-electron chi connectivity index (χ3n) is 4.96. The first-order valence-electron chi connectivity index (χ1n) is 9.17. The van der Waals surface area contributed by atoms with Crippen molar-refractivity contribution < 1.29 is 4.79 Å². The van der Waals surface area contributed by atoms with Crippen LogP contribution in [0.2, 0.25) is 0 Å². The van der Waals surface area contributed by atoms with Gasteiger partial charge in [-0.05, 0) is 49.4 Å². The summed E-state index contributed by atoms with van der Waals surface area (Å²) in [4.78, 5) is 19.0. The number of rotatable bonds is 3. The van der Waals surface area contributed by atoms with E-state index in [4.69, 9.17) is 0 Å². The van der Waals surface area contributed by atoms with Gasteiger partial charge in [-0.1, -0.05) is 20.8 Å². The minimum atomic E-state index is -0.296. The molecule has 2 aromatic rings. The van der Waals surface area contributed by atoms with Crippen LogP contribution in [0.4, 0.5) is 0 Å². The molecule has 1 saturated heterocycles. The van der Waals surface area contributed by atoms with Gasteiger partial charge in [0.15, 0.2) is 0 Å². The molecular weight excluding hydrogens is 312 g/mol. The quantitative estimate of drug-likeness (QED) is 0.856. The van der Waals surface area contributed by atoms with Crippen LogP contribution in [0.3, 0.4) is 0 Å². The summed E-state index contributed by atoms with van der Waals surface area (Å²) in [7, 11) is 0. The number of nitrogens with zero attached hydrogens (tertiary/aromatic N) is 4. The molecule has 2 aromatic heterocycles. The van der Waals surface area contributed by atoms with E-state index in [2.05, 4.69) is 29.1 Å². The van der Waals surface area contributed by atoms with Crippen LogP contribution in [0.25, 0.3) is 11.4 Å². The van der Waals surface area contributed by atoms with Crippen LogP contribution < -0.4 is 0 Å². The number of aryl methyl sites for hydroxylation is 1. The number of piperidine rings is 1. The maximum atomic E-state index is 12.4. The number of likely N-dealkylation sites (tertiary alicyclic amines) is 1. The fourth-order valence-corrected chi connectivity index (χ4v) is 3.53. The van der Waals surface area contributed by atoms with E-state index in [0.29, 0.717) is 5.92 Å². The first-order valence-corrected chi connectivity index (χ1v) is 9.17. The molecule has 0 aliphatic carbocycles. The highest BCUT2D eigenvalue weighted by atomic mass is 16.2. The average molecular weight is 340 g/mol. The van der Waals surface area contributed by atoms with Crippen LogP contribution in [0.5, 0.6) is 0 Å². The van der Waals surface area contributed by atoms with E-state index in [9.17, 15) is 4.79 Å². The summed E-state index contributed by atoms with van der Waals surface area (Å²) in [6, 6.07) is 6.32. The molecule has 5 heteroatoms. The molecule has 5 nitrogen and oxygen atoms in total. The van der Waals surface area contributed by atoms with Gasteiger partial charge in [-0.2, -0.15) is 5.10 Å². The summed E-state index contributed by atoms with van der Waals surface area (Å²) in [6.07, 6.45) is 5.74. The number of carbonyl (C=O) groups excluding carboxylic acids is 1. The van der Waals surface area contributed by atoms with Crippen molar-refractivity contribution in [1.82, 2.24) is 19.7 Å². The molecule has 0 atom stereocenters. The fourth-order valence-electron chi connectivity index (χ4n) is 3.53. The SMILES string of the molecule is CCn1nccc1-c1cc(C2CCN(C(=O)C(C)(C)C)CC2)ccn1. The average Bonchev–Trinajstić information content (AvgIpc) is 3.09. The third-order valence-corrected chi connectivity index (χ3v) is 4.96. The van der Waals surface area contributed by atoms with Crippen molar-refractivity contribution in [2.45, 2.75) is 53.0 Å². The lowest BCUT2D eigenvalue weighted by Gasteiger charge is -2.36. The van der Waals surface area contributed by atoms with Crippen molar-refractivity contribution in [3.05, 3.63) is 36.2 Å². The molecule has 1 fully saturated rings. The van der Waals surface area contributed by atoms with Crippen LogP contribution >= 0.6 is 0 Å². The zero-order chi connectivity index (χ0) is 18.0. The molecule has 1 aliphatic heterocycles. The number of carbonyl (C=O) groups is 1. The van der Waals surface area contributed by atoms with Crippen molar-refractivity contribution in [3.63, 3.8) is 0 Å². The third kappa shape index (κ3) is 3.75. The van der Waals surface area contributed by atoms with E-state index >= 15 is 0 Å². The van der Waals surface area contributed by atoms with Crippen molar-refractivity contribution in [2.24, 2.45) is 5.41 Å². The fraction of sp³-hybridized carbons (Fsp3) is 0.550. The lowest BCUT2D eigenvalue weighted by atomic mass is 9.87. The van der Waals surface area contributed by atoms with E-state index in [1.54, 1.807) is 0 Å². The Kier molecular flexibility index (Phi) is 4.93. The van der Waals surface area contributed by atoms with Crippen molar-refractivity contribution in [1.29, 1.82) is 0 Å². The van der Waals surface area contributed by atoms with Crippen molar-refractivity contribution in [3.8, 4) is 11.4 Å². The second-order valence-electron chi connectivity index (χ2n) is 7.82. The highest BCUT2D eigenvalue weighted by Gasteiger charge is 2.30. The van der Waals surface area contributed by atoms with Crippen molar-refractivity contribution in [2.75, 3.05) is 13.1 Å². The molecule has 0 unspecified atom stereocenters. The lowest BCUT2D eigenvalue weighted by Crippen LogP contribution is -2.43. The second kappa shape index (κ2) is 6.98. The number of hydrogen-bond acceptors (Lipinski definition) is 3. The number of hydrogen-bond donors (Lipinski definition) is 0. The Hall–Kier alpha value is -2.17. The van der Waals surface area contributed by atoms with Crippen LogP contribution in [-0.4, -0.2) is 38.7 Å². The number of amides is 1. The Labute approximate surface area is 150 Å². The van der Waals surface area contributed by atoms with Gasteiger partial charge in [0.25, 0.3) is 0 Å². The summed E-state index contributed by atoms with van der Waals surface area (Å²) in [5.74, 6) is 0.747. The Morgan fingerprint density at radius 2 is 1.92 bits per heavy atom. The highest BCUT2D eigenvalue weighted by molar-refractivity contribution is 5.81. The van der Waals surface area contributed by atoms with E-state index in [-0.39, 0.29) is 11.3 Å². The number of pyridine rings is 1. The Morgan fingerprint density at radius 1 is 1.20 bits per heavy atom. The molecular formula is C20H28N4O. The molecule has 134 valence electrons. The molecule has 0 radical (unpaired) electrons. The highest BCUT2D eigenvalue weighted by Crippen LogP contribution is 2.31. The van der Waals surface area contributed by atoms with E-state index in [1.807, 2.05) is 48.8 Å². The molecule has 1 aliphatic rings. The topological polar surface area (TPSA) is 51.0 Å². The molecule has 0 aromatic carbocycles. The first-order chi connectivity index (χ1) is 11.9. The summed E-state index contributed by atoms with van der Waals surface area (Å²) in [5, 5.41) is 4.34. The van der Waals surface area contributed by atoms with Gasteiger partial charge in [-0.15, -0.1) is 0 Å². The number of aromatic nitrogens is 3. The van der Waals surface area contributed by atoms with Gasteiger partial charge >= 0.3 is 0 Å². The van der Waals surface area contributed by atoms with E-state index in [1.165, 1.54) is 5.56 Å². The van der Waals surface area contributed by atoms with Crippen molar-refractivity contribution >= 4 is 5.91 Å². The molecule has 0 N–H and O–H groups in total. The van der Waals surface area contributed by atoms with E-state index in [0.717, 1.165) is 43.9 Å². The molecule has 3 rings (SSSR count). The largest absolute Gasteiger partial charge is 0.342 e. The Balaban J connectivity index is 1.72. The van der Waals surface area contributed by atoms with Gasteiger partial charge in [0.1, 0.15) is 0 Å². The van der Waals surface area contributed by atoms with Crippen LogP contribution in [-0.2, 0) is 11.3 Å². The van der Waals surface area contributed by atoms with Gasteiger partial charge in [-0.3, -0.25) is 14.5 Å². The van der Waals surface area contributed by atoms with Gasteiger partial charge < -0.3 is 4.90 Å². The predicted octanol–water partition coefficient (Wildman–Crippen LogP) is 3.72. The zero-order valence-electron chi connectivity index (χ0n) is 15.7. The normalized spacial score (nSPS) is 16.2. The van der Waals surface area contributed by atoms with Crippen LogP contribution in [0, 0.1) is 5.41 Å². The summed E-state index contributed by atoms with van der Waals surface area (Å²) < 4.78 is 1.97. The molecule has 3 heterocycles. The maximum Gasteiger partial charge on any atom is 0.227 e. The van der Waals surface area contributed by atoms with Crippen LogP contribution in [0.15, 0.2) is 30.6 Å².